The fraction of sp³-hybridized carbons (Fsp3) is 0.414. The molecule has 38 heavy (non-hydrogen) atoms. The Morgan fingerprint density at radius 3 is 2.55 bits per heavy atom. The van der Waals surface area contributed by atoms with E-state index in [1.807, 2.05) is 62.4 Å². The van der Waals surface area contributed by atoms with Crippen molar-refractivity contribution >= 4 is 41.0 Å². The molecule has 1 aliphatic rings. The summed E-state index contributed by atoms with van der Waals surface area (Å²) in [6.45, 7) is 10.2. The highest BCUT2D eigenvalue weighted by Gasteiger charge is 2.40. The first kappa shape index (κ1) is 28.0. The van der Waals surface area contributed by atoms with Crippen LogP contribution in [0.3, 0.4) is 0 Å². The van der Waals surface area contributed by atoms with Gasteiger partial charge in [0, 0.05) is 22.0 Å². The maximum atomic E-state index is 13.7. The number of thioether (sulfide) groups is 1. The Kier molecular flexibility index (Phi) is 8.43. The zero-order valence-corrected chi connectivity index (χ0v) is 24.3. The van der Waals surface area contributed by atoms with Crippen LogP contribution in [-0.4, -0.2) is 47.0 Å². The van der Waals surface area contributed by atoms with Gasteiger partial charge in [0.1, 0.15) is 18.1 Å². The number of carbonyl (C=O) groups is 2. The third kappa shape index (κ3) is 5.86. The Bertz CT molecular complexity index is 1320. The molecule has 0 radical (unpaired) electrons. The van der Waals surface area contributed by atoms with E-state index in [1.54, 1.807) is 16.7 Å². The number of rotatable bonds is 7. The van der Waals surface area contributed by atoms with E-state index in [-0.39, 0.29) is 40.8 Å². The fourth-order valence-corrected chi connectivity index (χ4v) is 5.86. The van der Waals surface area contributed by atoms with Gasteiger partial charge in [-0.1, -0.05) is 51.4 Å². The van der Waals surface area contributed by atoms with Crippen LogP contribution in [0.25, 0.3) is 5.69 Å². The third-order valence-corrected chi connectivity index (χ3v) is 8.08. The molecular weight excluding hydrogens is 520 g/mol. The molecule has 1 aliphatic heterocycles. The van der Waals surface area contributed by atoms with Gasteiger partial charge in [-0.25, -0.2) is 4.68 Å². The zero-order valence-electron chi connectivity index (χ0n) is 22.7. The predicted molar refractivity (Wildman–Crippen MR) is 155 cm³/mol. The summed E-state index contributed by atoms with van der Waals surface area (Å²) in [6.07, 6.45) is 0.801. The van der Waals surface area contributed by atoms with Crippen molar-refractivity contribution < 1.29 is 14.3 Å². The molecule has 1 aromatic heterocycles. The highest BCUT2D eigenvalue weighted by Crippen LogP contribution is 2.48. The number of halogens is 1. The molecule has 3 aromatic rings. The molecule has 1 N–H and O–H groups in total. The van der Waals surface area contributed by atoms with Gasteiger partial charge in [-0.15, -0.1) is 11.8 Å². The van der Waals surface area contributed by atoms with E-state index in [9.17, 15) is 9.59 Å². The molecule has 202 valence electrons. The molecule has 0 aliphatic carbocycles. The number of hydrogen-bond acceptors (Lipinski definition) is 5. The molecular formula is C29H35ClN4O3S. The van der Waals surface area contributed by atoms with Gasteiger partial charge in [-0.3, -0.25) is 14.5 Å². The molecule has 2 atom stereocenters. The Labute approximate surface area is 233 Å². The van der Waals surface area contributed by atoms with Crippen molar-refractivity contribution in [3.63, 3.8) is 0 Å². The van der Waals surface area contributed by atoms with Crippen LogP contribution >= 0.6 is 23.4 Å². The van der Waals surface area contributed by atoms with Crippen LogP contribution < -0.4 is 15.0 Å². The minimum absolute atomic E-state index is 0.00858. The Morgan fingerprint density at radius 2 is 1.95 bits per heavy atom. The number of anilines is 1. The number of aromatic nitrogens is 2. The van der Waals surface area contributed by atoms with Gasteiger partial charge in [-0.2, -0.15) is 5.10 Å². The minimum Gasteiger partial charge on any atom is -0.497 e. The molecule has 2 amide bonds. The molecule has 4 rings (SSSR count). The monoisotopic (exact) mass is 554 g/mol. The van der Waals surface area contributed by atoms with E-state index in [0.29, 0.717) is 10.8 Å². The largest absolute Gasteiger partial charge is 0.497 e. The van der Waals surface area contributed by atoms with Gasteiger partial charge in [0.2, 0.25) is 11.8 Å². The lowest BCUT2D eigenvalue weighted by atomic mass is 9.87. The molecule has 0 fully saturated rings. The average molecular weight is 555 g/mol. The minimum atomic E-state index is -0.336. The van der Waals surface area contributed by atoms with Crippen LogP contribution in [-0.2, 0) is 15.0 Å². The molecule has 0 spiro atoms. The summed E-state index contributed by atoms with van der Waals surface area (Å²) in [7, 11) is 1.62. The number of carbonyl (C=O) groups excluding carboxylic acids is 2. The normalized spacial score (nSPS) is 16.6. The van der Waals surface area contributed by atoms with Gasteiger partial charge < -0.3 is 10.1 Å². The Balaban J connectivity index is 1.98. The Hall–Kier alpha value is -2.97. The molecule has 2 aromatic carbocycles. The van der Waals surface area contributed by atoms with Crippen molar-refractivity contribution in [1.29, 1.82) is 0 Å². The number of nitrogens with zero attached hydrogens (tertiary/aromatic N) is 3. The molecule has 0 saturated heterocycles. The molecule has 2 unspecified atom stereocenters. The van der Waals surface area contributed by atoms with Crippen molar-refractivity contribution in [1.82, 2.24) is 15.1 Å². The third-order valence-electron chi connectivity index (χ3n) is 6.59. The van der Waals surface area contributed by atoms with E-state index < -0.39 is 0 Å². The lowest BCUT2D eigenvalue weighted by molar-refractivity contribution is -0.123. The van der Waals surface area contributed by atoms with Crippen LogP contribution in [0.4, 0.5) is 5.82 Å². The van der Waals surface area contributed by atoms with Gasteiger partial charge in [0.15, 0.2) is 0 Å². The van der Waals surface area contributed by atoms with Crippen LogP contribution in [0.15, 0.2) is 48.5 Å². The quantitative estimate of drug-likeness (QED) is 0.392. The lowest BCUT2D eigenvalue weighted by Gasteiger charge is -2.25. The fourth-order valence-electron chi connectivity index (χ4n) is 4.48. The van der Waals surface area contributed by atoms with E-state index in [1.165, 1.54) is 11.8 Å². The number of hydrogen-bond donors (Lipinski definition) is 1. The van der Waals surface area contributed by atoms with Crippen LogP contribution in [0.2, 0.25) is 5.02 Å². The highest BCUT2D eigenvalue weighted by atomic mass is 35.5. The summed E-state index contributed by atoms with van der Waals surface area (Å²) in [4.78, 5) is 28.4. The molecule has 7 nitrogen and oxygen atoms in total. The van der Waals surface area contributed by atoms with Gasteiger partial charge in [0.25, 0.3) is 0 Å². The van der Waals surface area contributed by atoms with E-state index in [4.69, 9.17) is 21.4 Å². The number of fused-ring (bicyclic) bond motifs is 1. The summed E-state index contributed by atoms with van der Waals surface area (Å²) < 4.78 is 7.16. The number of nitrogens with one attached hydrogen (secondary N) is 1. The molecule has 0 saturated carbocycles. The van der Waals surface area contributed by atoms with Crippen molar-refractivity contribution in [2.45, 2.75) is 57.7 Å². The summed E-state index contributed by atoms with van der Waals surface area (Å²) >= 11 is 7.94. The van der Waals surface area contributed by atoms with Crippen molar-refractivity contribution in [2.75, 3.05) is 24.3 Å². The SMILES string of the molecule is CCC(C)NC(=O)CN1C(=O)CSC(c2cccc(Cl)c2)c2c(C(C)(C)C)nn(-c3ccc(OC)cc3)c21. The Morgan fingerprint density at radius 1 is 1.24 bits per heavy atom. The second-order valence-corrected chi connectivity index (χ2v) is 12.1. The zero-order chi connectivity index (χ0) is 27.6. The smallest absolute Gasteiger partial charge is 0.240 e. The second-order valence-electron chi connectivity index (χ2n) is 10.5. The standard InChI is InChI=1S/C29H35ClN4O3S/c1-7-18(2)31-23(35)16-33-24(36)17-38-26(19-9-8-10-20(30)15-19)25-27(29(3,4)5)32-34(28(25)33)21-11-13-22(37-6)14-12-21/h8-15,18,26H,7,16-17H2,1-6H3,(H,31,35). The number of methoxy groups -OCH3 is 1. The van der Waals surface area contributed by atoms with Gasteiger partial charge in [0.05, 0.1) is 29.5 Å². The lowest BCUT2D eigenvalue weighted by Crippen LogP contribution is -2.44. The van der Waals surface area contributed by atoms with Crippen LogP contribution in [0.1, 0.15) is 63.1 Å². The van der Waals surface area contributed by atoms with E-state index in [2.05, 4.69) is 26.1 Å². The first-order valence-electron chi connectivity index (χ1n) is 12.8. The summed E-state index contributed by atoms with van der Waals surface area (Å²) in [5.41, 5.74) is 3.21. The van der Waals surface area contributed by atoms with E-state index in [0.717, 1.165) is 34.7 Å². The first-order chi connectivity index (χ1) is 18.0. The summed E-state index contributed by atoms with van der Waals surface area (Å²) in [6, 6.07) is 15.3. The van der Waals surface area contributed by atoms with Gasteiger partial charge >= 0.3 is 0 Å². The average Bonchev–Trinajstić information content (AvgIpc) is 3.22. The topological polar surface area (TPSA) is 76.5 Å². The van der Waals surface area contributed by atoms with E-state index >= 15 is 0 Å². The molecule has 9 heteroatoms. The van der Waals surface area contributed by atoms with Crippen molar-refractivity contribution in [3.8, 4) is 11.4 Å². The predicted octanol–water partition coefficient (Wildman–Crippen LogP) is 5.92. The second kappa shape index (κ2) is 11.4. The summed E-state index contributed by atoms with van der Waals surface area (Å²) in [5, 5.41) is 8.54. The van der Waals surface area contributed by atoms with Crippen molar-refractivity contribution in [2.24, 2.45) is 0 Å². The maximum Gasteiger partial charge on any atom is 0.240 e. The molecule has 0 bridgehead atoms. The van der Waals surface area contributed by atoms with Gasteiger partial charge in [-0.05, 0) is 55.3 Å². The number of ether oxygens (including phenoxy) is 1. The van der Waals surface area contributed by atoms with Crippen molar-refractivity contribution in [3.05, 3.63) is 70.4 Å². The maximum absolute atomic E-state index is 13.7. The summed E-state index contributed by atoms with van der Waals surface area (Å²) in [5.74, 6) is 1.20. The van der Waals surface area contributed by atoms with Crippen LogP contribution in [0, 0.1) is 0 Å². The van der Waals surface area contributed by atoms with Crippen LogP contribution in [0.5, 0.6) is 5.75 Å². The number of amides is 2. The highest BCUT2D eigenvalue weighted by molar-refractivity contribution is 8.00. The first-order valence-corrected chi connectivity index (χ1v) is 14.2. The molecule has 2 heterocycles. The number of benzene rings is 2.